The molecule has 0 bridgehead atoms. The van der Waals surface area contributed by atoms with Gasteiger partial charge in [-0.05, 0) is 12.8 Å². The summed E-state index contributed by atoms with van der Waals surface area (Å²) in [5.41, 5.74) is 0. The van der Waals surface area contributed by atoms with E-state index in [2.05, 4.69) is 0 Å². The van der Waals surface area contributed by atoms with Gasteiger partial charge in [-0.3, -0.25) is 0 Å². The van der Waals surface area contributed by atoms with E-state index < -0.39 is 19.9 Å². The fraction of sp³-hybridized carbons (Fsp3) is 0.750. The predicted octanol–water partition coefficient (Wildman–Crippen LogP) is -0.276. The van der Waals surface area contributed by atoms with Crippen molar-refractivity contribution >= 4 is 19.9 Å². The van der Waals surface area contributed by atoms with Crippen LogP contribution < -0.4 is 0 Å². The molecule has 1 saturated heterocycles. The molecule has 0 radical (unpaired) electrons. The molecule has 0 N–H and O–H groups in total. The molecule has 2 heterocycles. The molecule has 0 aliphatic carbocycles. The highest BCUT2D eigenvalue weighted by Gasteiger charge is 2.34. The van der Waals surface area contributed by atoms with Gasteiger partial charge in [-0.2, -0.15) is 4.31 Å². The summed E-state index contributed by atoms with van der Waals surface area (Å²) in [5, 5.41) is 0. The van der Waals surface area contributed by atoms with Crippen molar-refractivity contribution in [3.63, 3.8) is 0 Å². The highest BCUT2D eigenvalue weighted by Crippen LogP contribution is 2.24. The molecule has 0 saturated carbocycles. The third-order valence-corrected chi connectivity index (χ3v) is 6.29. The Morgan fingerprint density at radius 3 is 2.27 bits per heavy atom. The summed E-state index contributed by atoms with van der Waals surface area (Å²) < 4.78 is 47.5. The molecular weight excluding hydrogens is 238 g/mol. The minimum absolute atomic E-state index is 0.0596. The highest BCUT2D eigenvalue weighted by molar-refractivity contribution is 7.97. The van der Waals surface area contributed by atoms with Crippen LogP contribution in [0.25, 0.3) is 0 Å². The number of sulfonamides is 1. The Labute approximate surface area is 89.7 Å². The van der Waals surface area contributed by atoms with E-state index >= 15 is 0 Å². The number of rotatable bonds is 2. The third kappa shape index (κ3) is 2.09. The van der Waals surface area contributed by atoms with Gasteiger partial charge in [0.25, 0.3) is 0 Å². The van der Waals surface area contributed by atoms with Gasteiger partial charge in [0.2, 0.25) is 10.0 Å². The molecule has 86 valence electrons. The first-order chi connectivity index (χ1) is 6.92. The lowest BCUT2D eigenvalue weighted by Crippen LogP contribution is -2.29. The summed E-state index contributed by atoms with van der Waals surface area (Å²) in [5.74, 6) is -0.471. The molecule has 0 aromatic rings. The lowest BCUT2D eigenvalue weighted by atomic mass is 10.4. The molecule has 2 aliphatic heterocycles. The van der Waals surface area contributed by atoms with Gasteiger partial charge in [-0.25, -0.2) is 16.8 Å². The Bertz CT molecular complexity index is 483. The summed E-state index contributed by atoms with van der Waals surface area (Å²) >= 11 is 0. The topological polar surface area (TPSA) is 71.5 Å². The Morgan fingerprint density at radius 2 is 1.80 bits per heavy atom. The first-order valence-corrected chi connectivity index (χ1v) is 8.08. The zero-order valence-corrected chi connectivity index (χ0v) is 9.85. The number of hydrogen-bond acceptors (Lipinski definition) is 4. The molecule has 2 rings (SSSR count). The van der Waals surface area contributed by atoms with Crippen LogP contribution in [-0.2, 0) is 19.9 Å². The van der Waals surface area contributed by atoms with Gasteiger partial charge in [0.15, 0.2) is 9.84 Å². The Morgan fingerprint density at radius 1 is 1.20 bits per heavy atom. The van der Waals surface area contributed by atoms with E-state index in [0.29, 0.717) is 13.1 Å². The summed E-state index contributed by atoms with van der Waals surface area (Å²) in [4.78, 5) is 0.0596. The molecule has 0 spiro atoms. The normalized spacial score (nSPS) is 26.8. The zero-order valence-electron chi connectivity index (χ0n) is 8.22. The van der Waals surface area contributed by atoms with E-state index in [1.54, 1.807) is 0 Å². The molecule has 15 heavy (non-hydrogen) atoms. The van der Waals surface area contributed by atoms with Gasteiger partial charge in [0.05, 0.1) is 16.4 Å². The van der Waals surface area contributed by atoms with E-state index in [4.69, 9.17) is 0 Å². The Hall–Kier alpha value is -0.400. The first-order valence-electron chi connectivity index (χ1n) is 4.81. The second-order valence-corrected chi connectivity index (χ2v) is 7.94. The fourth-order valence-corrected chi connectivity index (χ4v) is 5.56. The van der Waals surface area contributed by atoms with Crippen LogP contribution in [-0.4, -0.2) is 45.7 Å². The predicted molar refractivity (Wildman–Crippen MR) is 56.5 cm³/mol. The largest absolute Gasteiger partial charge is 0.239 e. The Balaban J connectivity index is 2.24. The van der Waals surface area contributed by atoms with Gasteiger partial charge in [-0.1, -0.05) is 6.08 Å². The van der Waals surface area contributed by atoms with Gasteiger partial charge >= 0.3 is 0 Å². The fourth-order valence-electron chi connectivity index (χ4n) is 1.83. The van der Waals surface area contributed by atoms with Crippen molar-refractivity contribution in [2.75, 3.05) is 24.6 Å². The van der Waals surface area contributed by atoms with Gasteiger partial charge < -0.3 is 0 Å². The molecule has 5 nitrogen and oxygen atoms in total. The standard InChI is InChI=1S/C8H13NO4S2/c10-14(11)6-3-8(7-14)15(12,13)9-4-1-2-5-9/h3H,1-2,4-7H2. The van der Waals surface area contributed by atoms with Gasteiger partial charge in [0.1, 0.15) is 0 Å². The summed E-state index contributed by atoms with van der Waals surface area (Å²) in [6.07, 6.45) is 3.04. The number of hydrogen-bond donors (Lipinski definition) is 0. The van der Waals surface area contributed by atoms with E-state index in [1.165, 1.54) is 10.4 Å². The maximum atomic E-state index is 11.9. The molecule has 0 amide bonds. The van der Waals surface area contributed by atoms with Crippen molar-refractivity contribution < 1.29 is 16.8 Å². The molecule has 0 aromatic carbocycles. The summed E-state index contributed by atoms with van der Waals surface area (Å²) in [6.45, 7) is 1.03. The van der Waals surface area contributed by atoms with Crippen LogP contribution in [0.4, 0.5) is 0 Å². The zero-order chi connectivity index (χ0) is 11.1. The van der Waals surface area contributed by atoms with Crippen LogP contribution in [0, 0.1) is 0 Å². The van der Waals surface area contributed by atoms with Crippen molar-refractivity contribution in [1.82, 2.24) is 4.31 Å². The molecule has 0 unspecified atom stereocenters. The second kappa shape index (κ2) is 3.57. The third-order valence-electron chi connectivity index (χ3n) is 2.66. The molecule has 0 aromatic heterocycles. The maximum absolute atomic E-state index is 11.9. The SMILES string of the molecule is O=S1(=O)CC=C(S(=O)(=O)N2CCCC2)C1. The van der Waals surface area contributed by atoms with Crippen LogP contribution in [0.3, 0.4) is 0 Å². The molecule has 0 atom stereocenters. The van der Waals surface area contributed by atoms with Crippen molar-refractivity contribution in [3.8, 4) is 0 Å². The highest BCUT2D eigenvalue weighted by atomic mass is 32.2. The van der Waals surface area contributed by atoms with Crippen LogP contribution in [0.5, 0.6) is 0 Å². The van der Waals surface area contributed by atoms with E-state index in [-0.39, 0.29) is 16.4 Å². The van der Waals surface area contributed by atoms with Crippen LogP contribution in [0.2, 0.25) is 0 Å². The van der Waals surface area contributed by atoms with Gasteiger partial charge in [-0.15, -0.1) is 0 Å². The van der Waals surface area contributed by atoms with Crippen molar-refractivity contribution in [3.05, 3.63) is 11.0 Å². The van der Waals surface area contributed by atoms with E-state index in [1.807, 2.05) is 0 Å². The first kappa shape index (κ1) is 11.1. The van der Waals surface area contributed by atoms with Crippen molar-refractivity contribution in [2.24, 2.45) is 0 Å². The summed E-state index contributed by atoms with van der Waals surface area (Å²) in [6, 6.07) is 0. The van der Waals surface area contributed by atoms with Crippen LogP contribution >= 0.6 is 0 Å². The smallest absolute Gasteiger partial charge is 0.228 e. The average molecular weight is 251 g/mol. The minimum Gasteiger partial charge on any atom is -0.228 e. The van der Waals surface area contributed by atoms with E-state index in [0.717, 1.165) is 12.8 Å². The number of nitrogens with zero attached hydrogens (tertiary/aromatic N) is 1. The summed E-state index contributed by atoms with van der Waals surface area (Å²) in [7, 11) is -6.70. The average Bonchev–Trinajstić information content (AvgIpc) is 2.72. The molecule has 1 fully saturated rings. The molecule has 2 aliphatic rings. The lowest BCUT2D eigenvalue weighted by molar-refractivity contribution is 0.483. The minimum atomic E-state index is -3.49. The maximum Gasteiger partial charge on any atom is 0.239 e. The van der Waals surface area contributed by atoms with Gasteiger partial charge in [0, 0.05) is 13.1 Å². The van der Waals surface area contributed by atoms with Crippen LogP contribution in [0.15, 0.2) is 11.0 Å². The molecule has 7 heteroatoms. The second-order valence-electron chi connectivity index (χ2n) is 3.84. The monoisotopic (exact) mass is 251 g/mol. The van der Waals surface area contributed by atoms with E-state index in [9.17, 15) is 16.8 Å². The lowest BCUT2D eigenvalue weighted by Gasteiger charge is -2.15. The quantitative estimate of drug-likeness (QED) is 0.677. The van der Waals surface area contributed by atoms with Crippen molar-refractivity contribution in [2.45, 2.75) is 12.8 Å². The number of sulfone groups is 1. The van der Waals surface area contributed by atoms with Crippen LogP contribution in [0.1, 0.15) is 12.8 Å². The Kier molecular flexibility index (Phi) is 2.64. The molecular formula is C8H13NO4S2. The van der Waals surface area contributed by atoms with Crippen molar-refractivity contribution in [1.29, 1.82) is 0 Å².